The Morgan fingerprint density at radius 2 is 1.59 bits per heavy atom. The number of aryl methyl sites for hydroxylation is 1. The lowest BCUT2D eigenvalue weighted by Crippen LogP contribution is -2.15. The largest absolute Gasteiger partial charge is 0.511 e. The maximum Gasteiger partial charge on any atom is 0.138 e. The molecule has 0 bridgehead atoms. The first-order valence-corrected chi connectivity index (χ1v) is 5.45. The summed E-state index contributed by atoms with van der Waals surface area (Å²) in [6.07, 6.45) is 3.70. The van der Waals surface area contributed by atoms with Gasteiger partial charge in [-0.3, -0.25) is 0 Å². The Morgan fingerprint density at radius 1 is 1.06 bits per heavy atom. The van der Waals surface area contributed by atoms with Crippen molar-refractivity contribution in [3.05, 3.63) is 59.1 Å². The molecule has 0 atom stereocenters. The lowest BCUT2D eigenvalue weighted by atomic mass is 9.88. The number of hydrogen-bond acceptors (Lipinski definition) is 3. The maximum absolute atomic E-state index is 10.7. The molecule has 0 unspecified atom stereocenters. The minimum Gasteiger partial charge on any atom is -0.511 e. The molecule has 17 heavy (non-hydrogen) atoms. The highest BCUT2D eigenvalue weighted by atomic mass is 16.3. The van der Waals surface area contributed by atoms with Crippen molar-refractivity contribution in [3.63, 3.8) is 0 Å². The number of rotatable bonds is 2. The van der Waals surface area contributed by atoms with Crippen molar-refractivity contribution < 1.29 is 15.0 Å². The van der Waals surface area contributed by atoms with E-state index in [1.165, 1.54) is 0 Å². The van der Waals surface area contributed by atoms with Gasteiger partial charge in [0.25, 0.3) is 0 Å². The monoisotopic (exact) mass is 230 g/mol. The van der Waals surface area contributed by atoms with Gasteiger partial charge in [-0.2, -0.15) is 0 Å². The topological polar surface area (TPSA) is 57.5 Å². The molecule has 3 heteroatoms. The summed E-state index contributed by atoms with van der Waals surface area (Å²) >= 11 is 0. The molecule has 0 fully saturated rings. The third kappa shape index (κ3) is 2.23. The predicted octanol–water partition coefficient (Wildman–Crippen LogP) is 2.79. The van der Waals surface area contributed by atoms with Crippen molar-refractivity contribution in [3.8, 4) is 0 Å². The summed E-state index contributed by atoms with van der Waals surface area (Å²) in [6, 6.07) is 7.82. The third-order valence-corrected chi connectivity index (χ3v) is 2.94. The molecule has 0 aromatic heterocycles. The van der Waals surface area contributed by atoms with Crippen LogP contribution in [-0.4, -0.2) is 16.5 Å². The lowest BCUT2D eigenvalue weighted by molar-refractivity contribution is -0.110. The summed E-state index contributed by atoms with van der Waals surface area (Å²) in [6.45, 7) is 1.99. The maximum atomic E-state index is 10.7. The number of carbonyl (C=O) groups excluding carboxylic acids is 1. The second-order valence-corrected chi connectivity index (χ2v) is 4.23. The highest BCUT2D eigenvalue weighted by Gasteiger charge is 2.24. The van der Waals surface area contributed by atoms with Crippen LogP contribution in [0, 0.1) is 12.8 Å². The first kappa shape index (κ1) is 11.5. The summed E-state index contributed by atoms with van der Waals surface area (Å²) in [7, 11) is 0. The second kappa shape index (κ2) is 4.45. The summed E-state index contributed by atoms with van der Waals surface area (Å²) in [5, 5.41) is 19.3. The van der Waals surface area contributed by atoms with E-state index in [0.717, 1.165) is 11.1 Å². The van der Waals surface area contributed by atoms with Gasteiger partial charge in [0.2, 0.25) is 0 Å². The molecule has 0 aliphatic heterocycles. The van der Waals surface area contributed by atoms with Crippen molar-refractivity contribution in [1.82, 2.24) is 0 Å². The average molecular weight is 230 g/mol. The Balaban J connectivity index is 2.33. The van der Waals surface area contributed by atoms with Gasteiger partial charge in [0.1, 0.15) is 23.7 Å². The lowest BCUT2D eigenvalue weighted by Gasteiger charge is -2.19. The average Bonchev–Trinajstić information content (AvgIpc) is 2.29. The van der Waals surface area contributed by atoms with E-state index in [9.17, 15) is 15.0 Å². The normalized spacial score (nSPS) is 23.8. The Bertz CT molecular complexity index is 463. The summed E-state index contributed by atoms with van der Waals surface area (Å²) in [5.74, 6) is -1.28. The SMILES string of the molecule is Cc1ccc(C2C=C(O)C(C=O)C(O)=C2)cc1. The van der Waals surface area contributed by atoms with E-state index in [-0.39, 0.29) is 17.4 Å². The molecule has 0 radical (unpaired) electrons. The van der Waals surface area contributed by atoms with Crippen LogP contribution in [0.15, 0.2) is 47.9 Å². The van der Waals surface area contributed by atoms with E-state index >= 15 is 0 Å². The van der Waals surface area contributed by atoms with Crippen molar-refractivity contribution in [2.45, 2.75) is 12.8 Å². The van der Waals surface area contributed by atoms with E-state index in [2.05, 4.69) is 0 Å². The van der Waals surface area contributed by atoms with E-state index in [1.807, 2.05) is 31.2 Å². The molecule has 3 nitrogen and oxygen atoms in total. The Labute approximate surface area is 99.7 Å². The second-order valence-electron chi connectivity index (χ2n) is 4.23. The summed E-state index contributed by atoms with van der Waals surface area (Å²) < 4.78 is 0. The van der Waals surface area contributed by atoms with Gasteiger partial charge >= 0.3 is 0 Å². The van der Waals surface area contributed by atoms with Gasteiger partial charge in [-0.15, -0.1) is 0 Å². The Kier molecular flexibility index (Phi) is 3.00. The molecule has 0 heterocycles. The van der Waals surface area contributed by atoms with Crippen LogP contribution in [0.3, 0.4) is 0 Å². The summed E-state index contributed by atoms with van der Waals surface area (Å²) in [5.41, 5.74) is 2.12. The number of hydrogen-bond donors (Lipinski definition) is 2. The van der Waals surface area contributed by atoms with Crippen molar-refractivity contribution in [1.29, 1.82) is 0 Å². The molecule has 0 saturated heterocycles. The number of carbonyl (C=O) groups is 1. The zero-order chi connectivity index (χ0) is 12.4. The van der Waals surface area contributed by atoms with Crippen LogP contribution in [0.5, 0.6) is 0 Å². The van der Waals surface area contributed by atoms with Gasteiger partial charge < -0.3 is 15.0 Å². The summed E-state index contributed by atoms with van der Waals surface area (Å²) in [4.78, 5) is 10.7. The smallest absolute Gasteiger partial charge is 0.138 e. The van der Waals surface area contributed by atoms with Crippen LogP contribution in [0.4, 0.5) is 0 Å². The minimum absolute atomic E-state index is 0.0921. The van der Waals surface area contributed by atoms with Crippen LogP contribution in [0.2, 0.25) is 0 Å². The number of aliphatic hydroxyl groups excluding tert-OH is 2. The first-order chi connectivity index (χ1) is 8.11. The molecular weight excluding hydrogens is 216 g/mol. The quantitative estimate of drug-likeness (QED) is 0.768. The van der Waals surface area contributed by atoms with Crippen molar-refractivity contribution >= 4 is 6.29 Å². The van der Waals surface area contributed by atoms with Crippen LogP contribution in [0.1, 0.15) is 17.0 Å². The molecular formula is C14H14O3. The van der Waals surface area contributed by atoms with Gasteiger partial charge in [0, 0.05) is 5.92 Å². The van der Waals surface area contributed by atoms with E-state index in [4.69, 9.17) is 0 Å². The molecule has 1 aromatic carbocycles. The van der Waals surface area contributed by atoms with Crippen LogP contribution >= 0.6 is 0 Å². The number of allylic oxidation sites excluding steroid dienone is 2. The Morgan fingerprint density at radius 3 is 2.06 bits per heavy atom. The van der Waals surface area contributed by atoms with Gasteiger partial charge in [-0.05, 0) is 24.6 Å². The first-order valence-electron chi connectivity index (χ1n) is 5.45. The fourth-order valence-corrected chi connectivity index (χ4v) is 1.90. The molecule has 1 aliphatic rings. The third-order valence-electron chi connectivity index (χ3n) is 2.94. The highest BCUT2D eigenvalue weighted by Crippen LogP contribution is 2.30. The molecule has 0 spiro atoms. The zero-order valence-corrected chi connectivity index (χ0v) is 9.50. The molecule has 0 amide bonds. The van der Waals surface area contributed by atoms with Crippen LogP contribution in [-0.2, 0) is 4.79 Å². The Hall–Kier alpha value is -2.03. The predicted molar refractivity (Wildman–Crippen MR) is 64.9 cm³/mol. The molecule has 2 rings (SSSR count). The molecule has 1 aromatic rings. The van der Waals surface area contributed by atoms with Crippen LogP contribution < -0.4 is 0 Å². The number of aldehydes is 1. The van der Waals surface area contributed by atoms with Gasteiger partial charge in [0.15, 0.2) is 0 Å². The molecule has 0 saturated carbocycles. The van der Waals surface area contributed by atoms with Gasteiger partial charge in [-0.25, -0.2) is 0 Å². The molecule has 2 N–H and O–H groups in total. The van der Waals surface area contributed by atoms with Gasteiger partial charge in [-0.1, -0.05) is 29.8 Å². The minimum atomic E-state index is -0.906. The highest BCUT2D eigenvalue weighted by molar-refractivity contribution is 5.63. The number of benzene rings is 1. The number of aliphatic hydroxyl groups is 2. The standard InChI is InChI=1S/C14H14O3/c1-9-2-4-10(5-3-9)11-6-13(16)12(8-15)14(17)7-11/h2-8,11-12,16-17H,1H3. The fourth-order valence-electron chi connectivity index (χ4n) is 1.90. The molecule has 88 valence electrons. The molecule has 1 aliphatic carbocycles. The van der Waals surface area contributed by atoms with Gasteiger partial charge in [0.05, 0.1) is 0 Å². The van der Waals surface area contributed by atoms with Crippen LogP contribution in [0.25, 0.3) is 0 Å². The van der Waals surface area contributed by atoms with Crippen molar-refractivity contribution in [2.24, 2.45) is 5.92 Å². The fraction of sp³-hybridized carbons (Fsp3) is 0.214. The van der Waals surface area contributed by atoms with E-state index < -0.39 is 5.92 Å². The van der Waals surface area contributed by atoms with E-state index in [0.29, 0.717) is 6.29 Å². The van der Waals surface area contributed by atoms with Crippen molar-refractivity contribution in [2.75, 3.05) is 0 Å². The zero-order valence-electron chi connectivity index (χ0n) is 9.50. The van der Waals surface area contributed by atoms with E-state index in [1.54, 1.807) is 12.2 Å².